The molecule has 2 fully saturated rings. The van der Waals surface area contributed by atoms with Gasteiger partial charge in [0.2, 0.25) is 5.91 Å². The molecular formula is C23H23FN6O6. The second-order valence-electron chi connectivity index (χ2n) is 8.57. The Bertz CT molecular complexity index is 1340. The van der Waals surface area contributed by atoms with Gasteiger partial charge in [-0.15, -0.1) is 0 Å². The fourth-order valence-corrected chi connectivity index (χ4v) is 4.31. The Kier molecular flexibility index (Phi) is 6.04. The number of rotatable bonds is 6. The Morgan fingerprint density at radius 3 is 2.64 bits per heavy atom. The number of hydrogen-bond acceptors (Lipinski definition) is 9. The van der Waals surface area contributed by atoms with Crippen molar-refractivity contribution in [1.29, 1.82) is 0 Å². The summed E-state index contributed by atoms with van der Waals surface area (Å²) in [5.41, 5.74) is 1.60. The van der Waals surface area contributed by atoms with Crippen molar-refractivity contribution in [3.63, 3.8) is 0 Å². The molecule has 2 aromatic carbocycles. The molecular weight excluding hydrogens is 475 g/mol. The van der Waals surface area contributed by atoms with Crippen molar-refractivity contribution in [3.05, 3.63) is 52.3 Å². The summed E-state index contributed by atoms with van der Waals surface area (Å²) in [5, 5.41) is 13.6. The van der Waals surface area contributed by atoms with Crippen LogP contribution in [0.2, 0.25) is 0 Å². The highest BCUT2D eigenvalue weighted by atomic mass is 19.1. The van der Waals surface area contributed by atoms with Crippen LogP contribution >= 0.6 is 0 Å². The largest absolute Gasteiger partial charge is 0.442 e. The lowest BCUT2D eigenvalue weighted by atomic mass is 10.2. The second kappa shape index (κ2) is 9.32. The number of cyclic esters (lactones) is 1. The van der Waals surface area contributed by atoms with Crippen molar-refractivity contribution < 1.29 is 28.1 Å². The number of nitro groups is 1. The van der Waals surface area contributed by atoms with Gasteiger partial charge in [-0.2, -0.15) is 4.98 Å². The number of carbonyl (C=O) groups is 2. The number of amides is 2. The number of piperazine rings is 1. The van der Waals surface area contributed by atoms with E-state index in [9.17, 15) is 19.7 Å². The number of fused-ring (bicyclic) bond motifs is 1. The zero-order chi connectivity index (χ0) is 25.4. The molecule has 2 amide bonds. The average Bonchev–Trinajstić information content (AvgIpc) is 3.45. The molecule has 3 heterocycles. The van der Waals surface area contributed by atoms with E-state index >= 15 is 4.39 Å². The number of anilines is 3. The highest BCUT2D eigenvalue weighted by Crippen LogP contribution is 2.30. The van der Waals surface area contributed by atoms with E-state index in [0.717, 1.165) is 0 Å². The Balaban J connectivity index is 1.23. The average molecular weight is 498 g/mol. The van der Waals surface area contributed by atoms with Crippen LogP contribution in [0, 0.1) is 15.9 Å². The van der Waals surface area contributed by atoms with Crippen LogP contribution in [0.5, 0.6) is 0 Å². The van der Waals surface area contributed by atoms with E-state index in [1.165, 1.54) is 36.1 Å². The quantitative estimate of drug-likeness (QED) is 0.402. The lowest BCUT2D eigenvalue weighted by Crippen LogP contribution is -2.47. The van der Waals surface area contributed by atoms with Crippen molar-refractivity contribution in [3.8, 4) is 0 Å². The lowest BCUT2D eigenvalue weighted by molar-refractivity contribution is -0.384. The van der Waals surface area contributed by atoms with Gasteiger partial charge in [-0.25, -0.2) is 9.18 Å². The molecule has 2 saturated heterocycles. The minimum Gasteiger partial charge on any atom is -0.442 e. The summed E-state index contributed by atoms with van der Waals surface area (Å²) in [7, 11) is 0. The van der Waals surface area contributed by atoms with Gasteiger partial charge in [-0.3, -0.25) is 19.8 Å². The number of aromatic nitrogens is 1. The zero-order valence-corrected chi connectivity index (χ0v) is 19.3. The Morgan fingerprint density at radius 1 is 1.19 bits per heavy atom. The number of oxazole rings is 1. The Morgan fingerprint density at radius 2 is 1.94 bits per heavy atom. The SMILES string of the molecule is CC(=O)NC[C@H]1CN(c2ccc(N3CCN(c4nc5cc([N+](=O)[O-])ccc5o4)CC3)c(F)c2)C(=O)O1. The summed E-state index contributed by atoms with van der Waals surface area (Å²) in [4.78, 5) is 43.3. The molecule has 188 valence electrons. The third-order valence-electron chi connectivity index (χ3n) is 6.16. The van der Waals surface area contributed by atoms with Crippen molar-refractivity contribution >= 4 is 46.2 Å². The van der Waals surface area contributed by atoms with Crippen LogP contribution in [-0.4, -0.2) is 67.3 Å². The first-order chi connectivity index (χ1) is 17.3. The first-order valence-corrected chi connectivity index (χ1v) is 11.4. The third-order valence-corrected chi connectivity index (χ3v) is 6.16. The molecule has 5 rings (SSSR count). The zero-order valence-electron chi connectivity index (χ0n) is 19.3. The second-order valence-corrected chi connectivity index (χ2v) is 8.57. The molecule has 0 unspecified atom stereocenters. The van der Waals surface area contributed by atoms with E-state index in [0.29, 0.717) is 54.7 Å². The summed E-state index contributed by atoms with van der Waals surface area (Å²) < 4.78 is 26.1. The fraction of sp³-hybridized carbons (Fsp3) is 0.348. The molecule has 0 radical (unpaired) electrons. The number of nitrogens with zero attached hydrogens (tertiary/aromatic N) is 5. The molecule has 0 saturated carbocycles. The number of benzene rings is 2. The number of nitro benzene ring substituents is 1. The molecule has 2 aliphatic heterocycles. The van der Waals surface area contributed by atoms with Gasteiger partial charge in [0.1, 0.15) is 17.4 Å². The van der Waals surface area contributed by atoms with Crippen molar-refractivity contribution in [1.82, 2.24) is 10.3 Å². The molecule has 0 aliphatic carbocycles. The van der Waals surface area contributed by atoms with Crippen LogP contribution in [0.1, 0.15) is 6.92 Å². The van der Waals surface area contributed by atoms with Crippen LogP contribution in [0.4, 0.5) is 32.3 Å². The summed E-state index contributed by atoms with van der Waals surface area (Å²) in [6.45, 7) is 3.81. The highest BCUT2D eigenvalue weighted by Gasteiger charge is 2.33. The monoisotopic (exact) mass is 498 g/mol. The predicted octanol–water partition coefficient (Wildman–Crippen LogP) is 2.66. The fourth-order valence-electron chi connectivity index (χ4n) is 4.31. The third kappa shape index (κ3) is 4.59. The van der Waals surface area contributed by atoms with Crippen LogP contribution < -0.4 is 20.0 Å². The Hall–Kier alpha value is -4.42. The molecule has 13 heteroatoms. The van der Waals surface area contributed by atoms with Crippen LogP contribution in [0.15, 0.2) is 40.8 Å². The number of ether oxygens (including phenoxy) is 1. The predicted molar refractivity (Wildman–Crippen MR) is 128 cm³/mol. The molecule has 0 bridgehead atoms. The molecule has 0 spiro atoms. The molecule has 2 aliphatic rings. The summed E-state index contributed by atoms with van der Waals surface area (Å²) >= 11 is 0. The van der Waals surface area contributed by atoms with Gasteiger partial charge in [0.15, 0.2) is 5.58 Å². The van der Waals surface area contributed by atoms with Gasteiger partial charge in [-0.05, 0) is 24.3 Å². The number of carbonyl (C=O) groups excluding carboxylic acids is 2. The van der Waals surface area contributed by atoms with Gasteiger partial charge >= 0.3 is 6.09 Å². The summed E-state index contributed by atoms with van der Waals surface area (Å²) in [6.07, 6.45) is -1.09. The molecule has 3 aromatic rings. The lowest BCUT2D eigenvalue weighted by Gasteiger charge is -2.35. The highest BCUT2D eigenvalue weighted by molar-refractivity contribution is 5.90. The van der Waals surface area contributed by atoms with E-state index in [2.05, 4.69) is 10.3 Å². The minimum atomic E-state index is -0.588. The van der Waals surface area contributed by atoms with Crippen molar-refractivity contribution in [2.24, 2.45) is 0 Å². The number of hydrogen-bond donors (Lipinski definition) is 1. The summed E-state index contributed by atoms with van der Waals surface area (Å²) in [6, 6.07) is 9.23. The number of non-ortho nitro benzene ring substituents is 1. The minimum absolute atomic E-state index is 0.0588. The molecule has 12 nitrogen and oxygen atoms in total. The van der Waals surface area contributed by atoms with Gasteiger partial charge in [-0.1, -0.05) is 0 Å². The van der Waals surface area contributed by atoms with Gasteiger partial charge in [0, 0.05) is 45.2 Å². The van der Waals surface area contributed by atoms with Gasteiger partial charge < -0.3 is 24.3 Å². The van der Waals surface area contributed by atoms with E-state index in [4.69, 9.17) is 9.15 Å². The molecule has 36 heavy (non-hydrogen) atoms. The van der Waals surface area contributed by atoms with E-state index in [1.54, 1.807) is 12.1 Å². The van der Waals surface area contributed by atoms with Crippen LogP contribution in [0.25, 0.3) is 11.1 Å². The maximum absolute atomic E-state index is 15.1. The van der Waals surface area contributed by atoms with Crippen molar-refractivity contribution in [2.45, 2.75) is 13.0 Å². The van der Waals surface area contributed by atoms with E-state index < -0.39 is 22.9 Å². The van der Waals surface area contributed by atoms with Gasteiger partial charge in [0.25, 0.3) is 11.7 Å². The number of nitrogens with one attached hydrogen (secondary N) is 1. The standard InChI is InChI=1S/C23H23FN6O6/c1-14(31)25-12-17-13-29(23(32)35-17)15-2-4-20(18(24)10-15)27-6-8-28(9-7-27)22-26-19-11-16(30(33)34)3-5-21(19)36-22/h2-5,10-11,17H,6-9,12-13H2,1H3,(H,25,31)/t17-/m0/s1. The smallest absolute Gasteiger partial charge is 0.414 e. The van der Waals surface area contributed by atoms with E-state index in [1.807, 2.05) is 9.80 Å². The first-order valence-electron chi connectivity index (χ1n) is 11.4. The van der Waals surface area contributed by atoms with Gasteiger partial charge in [0.05, 0.1) is 29.4 Å². The number of halogens is 1. The van der Waals surface area contributed by atoms with Crippen LogP contribution in [-0.2, 0) is 9.53 Å². The normalized spacial score (nSPS) is 18.0. The first kappa shape index (κ1) is 23.3. The topological polar surface area (TPSA) is 134 Å². The van der Waals surface area contributed by atoms with E-state index in [-0.39, 0.29) is 24.7 Å². The maximum atomic E-state index is 15.1. The molecule has 1 aromatic heterocycles. The van der Waals surface area contributed by atoms with Crippen molar-refractivity contribution in [2.75, 3.05) is 54.0 Å². The Labute approximate surface area is 204 Å². The summed E-state index contributed by atoms with van der Waals surface area (Å²) in [5.74, 6) is -0.687. The molecule has 1 atom stereocenters. The maximum Gasteiger partial charge on any atom is 0.414 e. The molecule has 1 N–H and O–H groups in total. The van der Waals surface area contributed by atoms with Crippen LogP contribution in [0.3, 0.4) is 0 Å².